The molecule has 0 spiro atoms. The number of hydrogen-bond acceptors (Lipinski definition) is 8. The number of hydrogen-bond donors (Lipinski definition) is 0. The Bertz CT molecular complexity index is 934. The molecule has 12 heteroatoms. The first-order chi connectivity index (χ1) is 24.9. The van der Waals surface area contributed by atoms with Crippen LogP contribution in [0.1, 0.15) is 194 Å². The summed E-state index contributed by atoms with van der Waals surface area (Å²) in [7, 11) is -4.40. The fourth-order valence-electron chi connectivity index (χ4n) is 6.02. The molecule has 8 nitrogen and oxygen atoms in total. The maximum absolute atomic E-state index is 10.6. The quantitative estimate of drug-likeness (QED) is 0.0369. The molecule has 0 amide bonds. The SMILES string of the molecule is CCCCCCCC/C=C\CCCCCCCCN(C)CCS(=O)(=O)[O-].CCCCCCCC/C=C\CCCCCCCCN(C)CCS(=O)(=O)[O-].[Na+].[Na+]. The van der Waals surface area contributed by atoms with Crippen LogP contribution in [0.25, 0.3) is 0 Å². The van der Waals surface area contributed by atoms with Gasteiger partial charge in [0, 0.05) is 13.1 Å². The third-order valence-corrected chi connectivity index (χ3v) is 10.9. The van der Waals surface area contributed by atoms with Crippen LogP contribution in [0.15, 0.2) is 24.3 Å². The molecule has 0 atom stereocenters. The molecule has 0 aliphatic rings. The molecule has 0 radical (unpaired) electrons. The van der Waals surface area contributed by atoms with E-state index in [0.717, 1.165) is 25.9 Å². The summed E-state index contributed by atoms with van der Waals surface area (Å²) < 4.78 is 63.4. The minimum absolute atomic E-state index is 0. The second-order valence-corrected chi connectivity index (χ2v) is 18.1. The fraction of sp³-hybridized carbons (Fsp3) is 0.905. The van der Waals surface area contributed by atoms with E-state index >= 15 is 0 Å². The van der Waals surface area contributed by atoms with Gasteiger partial charge in [0.1, 0.15) is 0 Å². The molecular formula is C42H84N2Na2O6S2. The van der Waals surface area contributed by atoms with Crippen LogP contribution in [-0.2, 0) is 20.2 Å². The standard InChI is InChI=1S/2C21H43NO3S.2Na/c2*1-3-4-5-6-7-8-9-10-11-12-13-14-15-16-17-18-19-22(2)20-21-26(23,24)25;;/h2*10-11H,3-9,12-21H2,1-2H3,(H,23,24,25);;/q;;2*+1/p-2/b2*11-10-;;. The average Bonchev–Trinajstić information content (AvgIpc) is 3.09. The molecule has 0 N–H and O–H groups in total. The number of unbranched alkanes of at least 4 members (excludes halogenated alkanes) is 24. The van der Waals surface area contributed by atoms with E-state index in [4.69, 9.17) is 0 Å². The van der Waals surface area contributed by atoms with Gasteiger partial charge in [0.25, 0.3) is 0 Å². The van der Waals surface area contributed by atoms with Crippen molar-refractivity contribution >= 4 is 20.2 Å². The summed E-state index contributed by atoms with van der Waals surface area (Å²) in [4.78, 5) is 3.87. The smallest absolute Gasteiger partial charge is 0.748 e. The third-order valence-electron chi connectivity index (χ3n) is 9.55. The molecule has 0 aromatic rings. The zero-order valence-electron chi connectivity index (χ0n) is 36.5. The van der Waals surface area contributed by atoms with E-state index in [-0.39, 0.29) is 70.6 Å². The summed E-state index contributed by atoms with van der Waals surface area (Å²) in [5.41, 5.74) is 0. The maximum atomic E-state index is 10.6. The van der Waals surface area contributed by atoms with Gasteiger partial charge in [-0.25, -0.2) is 16.8 Å². The summed E-state index contributed by atoms with van der Waals surface area (Å²) >= 11 is 0. The summed E-state index contributed by atoms with van der Waals surface area (Å²) in [6.07, 6.45) is 45.5. The molecule has 0 rings (SSSR count). The van der Waals surface area contributed by atoms with Crippen LogP contribution >= 0.6 is 0 Å². The molecule has 0 saturated heterocycles. The van der Waals surface area contributed by atoms with Gasteiger partial charge in [0.15, 0.2) is 0 Å². The van der Waals surface area contributed by atoms with Gasteiger partial charge in [-0.15, -0.1) is 0 Å². The van der Waals surface area contributed by atoms with Crippen molar-refractivity contribution in [3.63, 3.8) is 0 Å². The van der Waals surface area contributed by atoms with Gasteiger partial charge < -0.3 is 18.9 Å². The van der Waals surface area contributed by atoms with E-state index in [1.807, 2.05) is 23.9 Å². The van der Waals surface area contributed by atoms with E-state index in [1.165, 1.54) is 167 Å². The molecule has 0 fully saturated rings. The maximum Gasteiger partial charge on any atom is 1.00 e. The van der Waals surface area contributed by atoms with E-state index in [2.05, 4.69) is 38.2 Å². The molecule has 0 aromatic heterocycles. The Morgan fingerprint density at radius 1 is 0.370 bits per heavy atom. The van der Waals surface area contributed by atoms with E-state index < -0.39 is 20.2 Å². The van der Waals surface area contributed by atoms with Crippen LogP contribution in [0, 0.1) is 0 Å². The van der Waals surface area contributed by atoms with Crippen LogP contribution in [0.5, 0.6) is 0 Å². The second-order valence-electron chi connectivity index (χ2n) is 15.0. The minimum atomic E-state index is -4.08. The van der Waals surface area contributed by atoms with E-state index in [0.29, 0.717) is 13.1 Å². The zero-order chi connectivity index (χ0) is 39.0. The van der Waals surface area contributed by atoms with Crippen molar-refractivity contribution in [2.45, 2.75) is 194 Å². The van der Waals surface area contributed by atoms with Crippen LogP contribution in [0.4, 0.5) is 0 Å². The van der Waals surface area contributed by atoms with Crippen LogP contribution in [0.3, 0.4) is 0 Å². The molecule has 0 aliphatic heterocycles. The fourth-order valence-corrected chi connectivity index (χ4v) is 7.09. The van der Waals surface area contributed by atoms with Crippen LogP contribution in [0.2, 0.25) is 0 Å². The summed E-state index contributed by atoms with van der Waals surface area (Å²) in [5.74, 6) is -0.564. The van der Waals surface area contributed by atoms with Crippen molar-refractivity contribution in [3.05, 3.63) is 24.3 Å². The van der Waals surface area contributed by atoms with Crippen molar-refractivity contribution in [2.75, 3.05) is 51.8 Å². The van der Waals surface area contributed by atoms with Gasteiger partial charge in [-0.1, -0.05) is 154 Å². The summed E-state index contributed by atoms with van der Waals surface area (Å²) in [6.45, 7) is 6.95. The number of allylic oxidation sites excluding steroid dienone is 4. The van der Waals surface area contributed by atoms with Crippen molar-refractivity contribution in [2.24, 2.45) is 0 Å². The average molecular weight is 823 g/mol. The van der Waals surface area contributed by atoms with Gasteiger partial charge in [-0.3, -0.25) is 0 Å². The Balaban J connectivity index is -0.000000446. The topological polar surface area (TPSA) is 121 Å². The number of nitrogens with zero attached hydrogens (tertiary/aromatic N) is 2. The first-order valence-corrected chi connectivity index (χ1v) is 24.6. The second kappa shape index (κ2) is 46.9. The number of rotatable bonds is 38. The van der Waals surface area contributed by atoms with Crippen molar-refractivity contribution < 1.29 is 85.1 Å². The molecule has 0 aromatic carbocycles. The molecule has 0 heterocycles. The molecule has 0 unspecified atom stereocenters. The van der Waals surface area contributed by atoms with Gasteiger partial charge in [-0.05, 0) is 91.4 Å². The van der Waals surface area contributed by atoms with E-state index in [9.17, 15) is 25.9 Å². The van der Waals surface area contributed by atoms with Gasteiger partial charge in [-0.2, -0.15) is 0 Å². The Morgan fingerprint density at radius 2 is 0.593 bits per heavy atom. The largest absolute Gasteiger partial charge is 1.00 e. The third kappa shape index (κ3) is 59.9. The Hall–Kier alpha value is 1.22. The first kappa shape index (κ1) is 61.9. The molecule has 0 bridgehead atoms. The predicted molar refractivity (Wildman–Crippen MR) is 223 cm³/mol. The normalized spacial score (nSPS) is 12.0. The van der Waals surface area contributed by atoms with Crippen molar-refractivity contribution in [1.82, 2.24) is 9.80 Å². The Morgan fingerprint density at radius 3 is 0.833 bits per heavy atom. The monoisotopic (exact) mass is 823 g/mol. The van der Waals surface area contributed by atoms with Crippen molar-refractivity contribution in [3.8, 4) is 0 Å². The molecule has 312 valence electrons. The predicted octanol–water partition coefficient (Wildman–Crippen LogP) is 5.01. The Labute approximate surface area is 381 Å². The minimum Gasteiger partial charge on any atom is -0.748 e. The molecule has 0 aliphatic carbocycles. The summed E-state index contributed by atoms with van der Waals surface area (Å²) in [6, 6.07) is 0. The van der Waals surface area contributed by atoms with Crippen LogP contribution in [-0.4, -0.2) is 87.5 Å². The van der Waals surface area contributed by atoms with Gasteiger partial charge in [0.05, 0.1) is 31.7 Å². The Kier molecular flexibility index (Phi) is 53.7. The molecule has 0 saturated carbocycles. The van der Waals surface area contributed by atoms with Crippen LogP contribution < -0.4 is 59.1 Å². The zero-order valence-corrected chi connectivity index (χ0v) is 42.1. The molecule has 54 heavy (non-hydrogen) atoms. The van der Waals surface area contributed by atoms with E-state index in [1.54, 1.807) is 0 Å². The first-order valence-electron chi connectivity index (χ1n) is 21.5. The van der Waals surface area contributed by atoms with Gasteiger partial charge in [0.2, 0.25) is 0 Å². The van der Waals surface area contributed by atoms with Crippen molar-refractivity contribution in [1.29, 1.82) is 0 Å². The summed E-state index contributed by atoms with van der Waals surface area (Å²) in [5, 5.41) is 0. The van der Waals surface area contributed by atoms with Gasteiger partial charge >= 0.3 is 59.1 Å². The molecular weight excluding hydrogens is 739 g/mol.